The number of carbonyl (C=O) groups excluding carboxylic acids is 1. The number of hydrogen-bond acceptors (Lipinski definition) is 4. The zero-order chi connectivity index (χ0) is 16.3. The molecule has 0 aliphatic carbocycles. The summed E-state index contributed by atoms with van der Waals surface area (Å²) in [5.74, 6) is 5.28. The summed E-state index contributed by atoms with van der Waals surface area (Å²) in [5.41, 5.74) is 0.655. The lowest BCUT2D eigenvalue weighted by Gasteiger charge is -2.35. The Bertz CT molecular complexity index is 751. The first-order chi connectivity index (χ1) is 11.2. The number of rotatable bonds is 4. The van der Waals surface area contributed by atoms with E-state index in [1.807, 2.05) is 37.3 Å². The first-order valence-corrected chi connectivity index (χ1v) is 7.49. The molecule has 0 unspecified atom stereocenters. The molecular formula is C18H18N2O3. The average Bonchev–Trinajstić information content (AvgIpc) is 3.02. The van der Waals surface area contributed by atoms with Gasteiger partial charge >= 0.3 is 5.97 Å². The molecule has 5 heteroatoms. The monoisotopic (exact) mass is 310 g/mol. The molecule has 0 spiro atoms. The molecule has 0 radical (unpaired) electrons. The van der Waals surface area contributed by atoms with Crippen LogP contribution in [0.25, 0.3) is 0 Å². The molecule has 1 atom stereocenters. The molecule has 3 rings (SSSR count). The van der Waals surface area contributed by atoms with Crippen LogP contribution in [0.3, 0.4) is 0 Å². The largest absolute Gasteiger partial charge is 0.436 e. The minimum absolute atomic E-state index is 0.0698. The van der Waals surface area contributed by atoms with Gasteiger partial charge in [-0.05, 0) is 25.5 Å². The fourth-order valence-corrected chi connectivity index (χ4v) is 2.56. The highest BCUT2D eigenvalue weighted by atomic mass is 16.6. The second-order valence-electron chi connectivity index (χ2n) is 5.50. The van der Waals surface area contributed by atoms with Crippen molar-refractivity contribution in [2.45, 2.75) is 25.5 Å². The molecule has 0 bridgehead atoms. The third kappa shape index (κ3) is 2.99. The van der Waals surface area contributed by atoms with Crippen LogP contribution in [-0.4, -0.2) is 34.6 Å². The van der Waals surface area contributed by atoms with Crippen molar-refractivity contribution < 1.29 is 14.3 Å². The van der Waals surface area contributed by atoms with Gasteiger partial charge in [0.1, 0.15) is 18.9 Å². The zero-order valence-electron chi connectivity index (χ0n) is 13.2. The molecule has 118 valence electrons. The molecule has 1 aromatic heterocycles. The molecule has 0 saturated carbocycles. The number of nitrogens with zero attached hydrogens (tertiary/aromatic N) is 2. The lowest BCUT2D eigenvalue weighted by molar-refractivity contribution is -0.146. The molecule has 5 nitrogen and oxygen atoms in total. The molecule has 1 fully saturated rings. The molecular weight excluding hydrogens is 292 g/mol. The maximum Gasteiger partial charge on any atom is 0.358 e. The molecule has 2 aromatic rings. The summed E-state index contributed by atoms with van der Waals surface area (Å²) in [6.45, 7) is 4.33. The maximum absolute atomic E-state index is 12.5. The van der Waals surface area contributed by atoms with E-state index < -0.39 is 11.6 Å². The Kier molecular flexibility index (Phi) is 4.18. The predicted molar refractivity (Wildman–Crippen MR) is 84.9 cm³/mol. The van der Waals surface area contributed by atoms with Crippen LogP contribution in [0.5, 0.6) is 0 Å². The van der Waals surface area contributed by atoms with Crippen molar-refractivity contribution in [1.82, 2.24) is 9.78 Å². The molecule has 0 amide bonds. The molecule has 1 saturated heterocycles. The van der Waals surface area contributed by atoms with Crippen LogP contribution in [-0.2, 0) is 9.47 Å². The second kappa shape index (κ2) is 6.27. The third-order valence-electron chi connectivity index (χ3n) is 3.84. The molecule has 0 N–H and O–H groups in total. The van der Waals surface area contributed by atoms with E-state index in [1.165, 1.54) is 0 Å². The molecule has 1 aromatic carbocycles. The zero-order valence-corrected chi connectivity index (χ0v) is 13.2. The number of aromatic nitrogens is 2. The minimum Gasteiger partial charge on any atom is -0.436 e. The second-order valence-corrected chi connectivity index (χ2v) is 5.50. The van der Waals surface area contributed by atoms with Crippen molar-refractivity contribution in [1.29, 1.82) is 0 Å². The van der Waals surface area contributed by atoms with Crippen LogP contribution in [0.2, 0.25) is 0 Å². The fourth-order valence-electron chi connectivity index (χ4n) is 2.56. The lowest BCUT2D eigenvalue weighted by Crippen LogP contribution is -2.52. The van der Waals surface area contributed by atoms with Gasteiger partial charge in [0.2, 0.25) is 5.60 Å². The Hall–Kier alpha value is -2.58. The van der Waals surface area contributed by atoms with Crippen LogP contribution < -0.4 is 0 Å². The first-order valence-electron chi connectivity index (χ1n) is 7.49. The van der Waals surface area contributed by atoms with Gasteiger partial charge in [0.15, 0.2) is 0 Å². The predicted octanol–water partition coefficient (Wildman–Crippen LogP) is 2.44. The molecule has 1 aliphatic rings. The first kappa shape index (κ1) is 15.3. The Morgan fingerprint density at radius 1 is 1.35 bits per heavy atom. The summed E-state index contributed by atoms with van der Waals surface area (Å²) in [6, 6.07) is 11.5. The smallest absolute Gasteiger partial charge is 0.358 e. The van der Waals surface area contributed by atoms with Gasteiger partial charge in [-0.1, -0.05) is 36.3 Å². The van der Waals surface area contributed by atoms with Crippen LogP contribution in [0.15, 0.2) is 42.6 Å². The summed E-state index contributed by atoms with van der Waals surface area (Å²) >= 11 is 0. The van der Waals surface area contributed by atoms with E-state index in [1.54, 1.807) is 23.9 Å². The van der Waals surface area contributed by atoms with E-state index in [9.17, 15) is 4.79 Å². The maximum atomic E-state index is 12.5. The molecule has 23 heavy (non-hydrogen) atoms. The highest BCUT2D eigenvalue weighted by Crippen LogP contribution is 2.24. The normalized spacial score (nSPS) is 16.6. The summed E-state index contributed by atoms with van der Waals surface area (Å²) in [6.07, 6.45) is 1.60. The highest BCUT2D eigenvalue weighted by Gasteiger charge is 2.42. The SMILES string of the molecule is CC#CC1(OC(=O)c2ccnn2[C@H](C)c2ccccc2)COC1. The van der Waals surface area contributed by atoms with Crippen LogP contribution >= 0.6 is 0 Å². The van der Waals surface area contributed by atoms with Gasteiger partial charge in [-0.15, -0.1) is 5.92 Å². The number of carbonyl (C=O) groups is 1. The van der Waals surface area contributed by atoms with Crippen LogP contribution in [0.4, 0.5) is 0 Å². The summed E-state index contributed by atoms with van der Waals surface area (Å²) < 4.78 is 12.4. The van der Waals surface area contributed by atoms with Gasteiger partial charge in [0, 0.05) is 6.20 Å². The quantitative estimate of drug-likeness (QED) is 0.643. The highest BCUT2D eigenvalue weighted by molar-refractivity contribution is 5.88. The Morgan fingerprint density at radius 2 is 2.09 bits per heavy atom. The number of esters is 1. The fraction of sp³-hybridized carbons (Fsp3) is 0.333. The topological polar surface area (TPSA) is 53.3 Å². The van der Waals surface area contributed by atoms with E-state index in [4.69, 9.17) is 9.47 Å². The number of hydrogen-bond donors (Lipinski definition) is 0. The van der Waals surface area contributed by atoms with Crippen molar-refractivity contribution in [3.63, 3.8) is 0 Å². The number of ether oxygens (including phenoxy) is 2. The van der Waals surface area contributed by atoms with Gasteiger partial charge in [0.05, 0.1) is 6.04 Å². The van der Waals surface area contributed by atoms with E-state index >= 15 is 0 Å². The van der Waals surface area contributed by atoms with E-state index in [0.29, 0.717) is 18.9 Å². The van der Waals surface area contributed by atoms with Crippen LogP contribution in [0, 0.1) is 11.8 Å². The lowest BCUT2D eigenvalue weighted by atomic mass is 10.0. The number of benzene rings is 1. The standard InChI is InChI=1S/C18H18N2O3/c1-3-10-18(12-22-13-18)23-17(21)16-9-11-19-20(16)14(2)15-7-5-4-6-8-15/h4-9,11,14H,12-13H2,1-2H3/t14-/m1/s1. The van der Waals surface area contributed by atoms with Crippen molar-refractivity contribution in [2.75, 3.05) is 13.2 Å². The van der Waals surface area contributed by atoms with Gasteiger partial charge < -0.3 is 9.47 Å². The van der Waals surface area contributed by atoms with Gasteiger partial charge in [0.25, 0.3) is 0 Å². The Balaban J connectivity index is 1.83. The van der Waals surface area contributed by atoms with Crippen molar-refractivity contribution in [2.24, 2.45) is 0 Å². The van der Waals surface area contributed by atoms with Crippen LogP contribution in [0.1, 0.15) is 35.9 Å². The van der Waals surface area contributed by atoms with Gasteiger partial charge in [-0.25, -0.2) is 4.79 Å². The summed E-state index contributed by atoms with van der Waals surface area (Å²) in [7, 11) is 0. The van der Waals surface area contributed by atoms with Crippen molar-refractivity contribution in [3.8, 4) is 11.8 Å². The molecule has 2 heterocycles. The van der Waals surface area contributed by atoms with Gasteiger partial charge in [-0.3, -0.25) is 4.68 Å². The minimum atomic E-state index is -0.823. The summed E-state index contributed by atoms with van der Waals surface area (Å²) in [4.78, 5) is 12.5. The van der Waals surface area contributed by atoms with E-state index in [2.05, 4.69) is 16.9 Å². The molecule has 1 aliphatic heterocycles. The van der Waals surface area contributed by atoms with E-state index in [0.717, 1.165) is 5.56 Å². The van der Waals surface area contributed by atoms with Crippen molar-refractivity contribution >= 4 is 5.97 Å². The Labute approximate surface area is 135 Å². The Morgan fingerprint density at radius 3 is 2.70 bits per heavy atom. The van der Waals surface area contributed by atoms with Crippen molar-refractivity contribution in [3.05, 3.63) is 53.9 Å². The third-order valence-corrected chi connectivity index (χ3v) is 3.84. The summed E-state index contributed by atoms with van der Waals surface area (Å²) in [5, 5.41) is 4.28. The van der Waals surface area contributed by atoms with E-state index in [-0.39, 0.29) is 6.04 Å². The average molecular weight is 310 g/mol. The van der Waals surface area contributed by atoms with Gasteiger partial charge in [-0.2, -0.15) is 5.10 Å².